The van der Waals surface area contributed by atoms with Crippen LogP contribution in [0.4, 0.5) is 0 Å². The van der Waals surface area contributed by atoms with Crippen LogP contribution in [0.15, 0.2) is 12.3 Å². The largest absolute Gasteiger partial charge is 0.349 e. The molecule has 3 N–H and O–H groups in total. The third kappa shape index (κ3) is 2.56. The second-order valence-corrected chi connectivity index (χ2v) is 3.22. The first kappa shape index (κ1) is 10.7. The maximum atomic E-state index is 11.5. The van der Waals surface area contributed by atoms with E-state index in [2.05, 4.69) is 10.4 Å². The number of aromatic nitrogens is 2. The Labute approximate surface area is 83.3 Å². The highest BCUT2D eigenvalue weighted by Crippen LogP contribution is 1.95. The van der Waals surface area contributed by atoms with Gasteiger partial charge in [0.2, 0.25) is 0 Å². The summed E-state index contributed by atoms with van der Waals surface area (Å²) in [6, 6.07) is 1.69. The SMILES string of the molecule is CCC(N)CNC(=O)c1ccnn1C. The fraction of sp³-hybridized carbons (Fsp3) is 0.556. The van der Waals surface area contributed by atoms with Gasteiger partial charge in [0.15, 0.2) is 0 Å². The lowest BCUT2D eigenvalue weighted by molar-refractivity contribution is 0.0941. The van der Waals surface area contributed by atoms with Crippen molar-refractivity contribution in [1.29, 1.82) is 0 Å². The molecule has 1 aromatic rings. The zero-order valence-corrected chi connectivity index (χ0v) is 8.53. The molecule has 0 aromatic carbocycles. The van der Waals surface area contributed by atoms with E-state index in [4.69, 9.17) is 5.73 Å². The summed E-state index contributed by atoms with van der Waals surface area (Å²) in [6.45, 7) is 2.49. The number of carbonyl (C=O) groups excluding carboxylic acids is 1. The maximum absolute atomic E-state index is 11.5. The Kier molecular flexibility index (Phi) is 3.64. The van der Waals surface area contributed by atoms with Crippen LogP contribution in [0.5, 0.6) is 0 Å². The van der Waals surface area contributed by atoms with Crippen LogP contribution >= 0.6 is 0 Å². The van der Waals surface area contributed by atoms with E-state index in [0.29, 0.717) is 12.2 Å². The second-order valence-electron chi connectivity index (χ2n) is 3.22. The predicted molar refractivity (Wildman–Crippen MR) is 53.8 cm³/mol. The minimum absolute atomic E-state index is 0.0205. The van der Waals surface area contributed by atoms with E-state index in [1.807, 2.05) is 6.92 Å². The second kappa shape index (κ2) is 4.76. The summed E-state index contributed by atoms with van der Waals surface area (Å²) in [5, 5.41) is 6.66. The van der Waals surface area contributed by atoms with Gasteiger partial charge in [0, 0.05) is 25.8 Å². The fourth-order valence-corrected chi connectivity index (χ4v) is 1.06. The molecule has 0 spiro atoms. The molecule has 0 aliphatic heterocycles. The summed E-state index contributed by atoms with van der Waals surface area (Å²) < 4.78 is 1.53. The number of rotatable bonds is 4. The summed E-state index contributed by atoms with van der Waals surface area (Å²) in [6.07, 6.45) is 2.44. The van der Waals surface area contributed by atoms with E-state index < -0.39 is 0 Å². The van der Waals surface area contributed by atoms with Crippen molar-refractivity contribution in [3.63, 3.8) is 0 Å². The topological polar surface area (TPSA) is 72.9 Å². The molecule has 0 fully saturated rings. The molecule has 0 saturated heterocycles. The zero-order chi connectivity index (χ0) is 10.6. The van der Waals surface area contributed by atoms with E-state index >= 15 is 0 Å². The molecule has 0 radical (unpaired) electrons. The highest BCUT2D eigenvalue weighted by atomic mass is 16.2. The number of amides is 1. The molecular weight excluding hydrogens is 180 g/mol. The monoisotopic (exact) mass is 196 g/mol. The van der Waals surface area contributed by atoms with E-state index in [-0.39, 0.29) is 11.9 Å². The van der Waals surface area contributed by atoms with E-state index in [9.17, 15) is 4.79 Å². The van der Waals surface area contributed by atoms with Crippen LogP contribution in [0.25, 0.3) is 0 Å². The van der Waals surface area contributed by atoms with Crippen LogP contribution in [0.1, 0.15) is 23.8 Å². The Morgan fingerprint density at radius 3 is 3.00 bits per heavy atom. The van der Waals surface area contributed by atoms with Crippen LogP contribution in [0.2, 0.25) is 0 Å². The average molecular weight is 196 g/mol. The van der Waals surface area contributed by atoms with Gasteiger partial charge in [-0.1, -0.05) is 6.92 Å². The summed E-state index contributed by atoms with van der Waals surface area (Å²) >= 11 is 0. The van der Waals surface area contributed by atoms with Crippen molar-refractivity contribution in [3.8, 4) is 0 Å². The van der Waals surface area contributed by atoms with Gasteiger partial charge in [0.05, 0.1) is 0 Å². The lowest BCUT2D eigenvalue weighted by atomic mass is 10.2. The summed E-state index contributed by atoms with van der Waals surface area (Å²) in [4.78, 5) is 11.5. The quantitative estimate of drug-likeness (QED) is 0.705. The van der Waals surface area contributed by atoms with Gasteiger partial charge in [-0.3, -0.25) is 9.48 Å². The van der Waals surface area contributed by atoms with Crippen LogP contribution in [-0.4, -0.2) is 28.3 Å². The molecule has 1 heterocycles. The normalized spacial score (nSPS) is 12.5. The Balaban J connectivity index is 2.47. The maximum Gasteiger partial charge on any atom is 0.269 e. The lowest BCUT2D eigenvalue weighted by Crippen LogP contribution is -2.37. The molecule has 1 rings (SSSR count). The molecule has 1 atom stereocenters. The third-order valence-electron chi connectivity index (χ3n) is 2.10. The van der Waals surface area contributed by atoms with Gasteiger partial charge in [-0.05, 0) is 12.5 Å². The van der Waals surface area contributed by atoms with Crippen LogP contribution in [0.3, 0.4) is 0 Å². The van der Waals surface area contributed by atoms with Gasteiger partial charge in [-0.25, -0.2) is 0 Å². The summed E-state index contributed by atoms with van der Waals surface area (Å²) in [5.41, 5.74) is 6.22. The number of hydrogen-bond donors (Lipinski definition) is 2. The van der Waals surface area contributed by atoms with E-state index in [1.54, 1.807) is 19.3 Å². The molecule has 0 bridgehead atoms. The molecule has 1 aromatic heterocycles. The van der Waals surface area contributed by atoms with Gasteiger partial charge < -0.3 is 11.1 Å². The molecule has 0 saturated carbocycles. The van der Waals surface area contributed by atoms with Crippen molar-refractivity contribution < 1.29 is 4.79 Å². The molecule has 14 heavy (non-hydrogen) atoms. The molecule has 0 aliphatic carbocycles. The van der Waals surface area contributed by atoms with E-state index in [0.717, 1.165) is 6.42 Å². The Bertz CT molecular complexity index is 308. The number of nitrogens with one attached hydrogen (secondary N) is 1. The van der Waals surface area contributed by atoms with Crippen LogP contribution in [0, 0.1) is 0 Å². The summed E-state index contributed by atoms with van der Waals surface area (Å²) in [5.74, 6) is -0.131. The Morgan fingerprint density at radius 2 is 2.50 bits per heavy atom. The van der Waals surface area contributed by atoms with Gasteiger partial charge in [-0.2, -0.15) is 5.10 Å². The minimum Gasteiger partial charge on any atom is -0.349 e. The third-order valence-corrected chi connectivity index (χ3v) is 2.10. The first-order valence-electron chi connectivity index (χ1n) is 4.67. The van der Waals surface area contributed by atoms with Gasteiger partial charge in [0.25, 0.3) is 5.91 Å². The number of carbonyl (C=O) groups is 1. The van der Waals surface area contributed by atoms with Crippen molar-refractivity contribution in [2.75, 3.05) is 6.54 Å². The highest BCUT2D eigenvalue weighted by molar-refractivity contribution is 5.92. The predicted octanol–water partition coefficient (Wildman–Crippen LogP) is -0.113. The van der Waals surface area contributed by atoms with Gasteiger partial charge in [-0.15, -0.1) is 0 Å². The van der Waals surface area contributed by atoms with Crippen molar-refractivity contribution in [3.05, 3.63) is 18.0 Å². The smallest absolute Gasteiger partial charge is 0.269 e. The van der Waals surface area contributed by atoms with Crippen LogP contribution in [-0.2, 0) is 7.05 Å². The Hall–Kier alpha value is -1.36. The molecule has 5 nitrogen and oxygen atoms in total. The van der Waals surface area contributed by atoms with Crippen molar-refractivity contribution in [2.45, 2.75) is 19.4 Å². The molecular formula is C9H16N4O. The molecule has 1 amide bonds. The van der Waals surface area contributed by atoms with Crippen molar-refractivity contribution in [1.82, 2.24) is 15.1 Å². The standard InChI is InChI=1S/C9H16N4O/c1-3-7(10)6-11-9(14)8-4-5-12-13(8)2/h4-5,7H,3,6,10H2,1-2H3,(H,11,14). The first-order chi connectivity index (χ1) is 6.65. The minimum atomic E-state index is -0.131. The lowest BCUT2D eigenvalue weighted by Gasteiger charge is -2.09. The Morgan fingerprint density at radius 1 is 1.79 bits per heavy atom. The molecule has 1 unspecified atom stereocenters. The summed E-state index contributed by atoms with van der Waals surface area (Å²) in [7, 11) is 1.73. The fourth-order valence-electron chi connectivity index (χ4n) is 1.06. The van der Waals surface area contributed by atoms with Crippen LogP contribution < -0.4 is 11.1 Å². The number of nitrogens with zero attached hydrogens (tertiary/aromatic N) is 2. The average Bonchev–Trinajstić information content (AvgIpc) is 2.60. The highest BCUT2D eigenvalue weighted by Gasteiger charge is 2.09. The van der Waals surface area contributed by atoms with Crippen molar-refractivity contribution in [2.24, 2.45) is 12.8 Å². The molecule has 78 valence electrons. The van der Waals surface area contributed by atoms with E-state index in [1.165, 1.54) is 4.68 Å². The van der Waals surface area contributed by atoms with Gasteiger partial charge >= 0.3 is 0 Å². The molecule has 0 aliphatic rings. The number of aryl methyl sites for hydroxylation is 1. The zero-order valence-electron chi connectivity index (χ0n) is 8.53. The number of nitrogens with two attached hydrogens (primary N) is 1. The van der Waals surface area contributed by atoms with Gasteiger partial charge in [0.1, 0.15) is 5.69 Å². The molecule has 5 heteroatoms. The van der Waals surface area contributed by atoms with Crippen molar-refractivity contribution >= 4 is 5.91 Å². The number of hydrogen-bond acceptors (Lipinski definition) is 3. The first-order valence-corrected chi connectivity index (χ1v) is 4.67.